The molecule has 1 saturated heterocycles. The molecule has 4 heteroatoms. The second kappa shape index (κ2) is 9.60. The SMILES string of the molecule is CCOc1cccc(CNCC(c2cccc(OC)c2)N2CCCC2)c1. The molecule has 0 saturated carbocycles. The van der Waals surface area contributed by atoms with E-state index < -0.39 is 0 Å². The summed E-state index contributed by atoms with van der Waals surface area (Å²) < 4.78 is 11.0. The lowest BCUT2D eigenvalue weighted by Gasteiger charge is -2.28. The Kier molecular flexibility index (Phi) is 6.92. The van der Waals surface area contributed by atoms with E-state index in [-0.39, 0.29) is 0 Å². The summed E-state index contributed by atoms with van der Waals surface area (Å²) in [5, 5.41) is 3.65. The van der Waals surface area contributed by atoms with Gasteiger partial charge in [0.25, 0.3) is 0 Å². The Bertz CT molecular complexity index is 683. The summed E-state index contributed by atoms with van der Waals surface area (Å²) >= 11 is 0. The first-order valence-electron chi connectivity index (χ1n) is 9.60. The van der Waals surface area contributed by atoms with Crippen molar-refractivity contribution >= 4 is 0 Å². The maximum atomic E-state index is 5.60. The van der Waals surface area contributed by atoms with Gasteiger partial charge in [-0.2, -0.15) is 0 Å². The van der Waals surface area contributed by atoms with Gasteiger partial charge in [-0.25, -0.2) is 0 Å². The molecule has 0 amide bonds. The summed E-state index contributed by atoms with van der Waals surface area (Å²) in [4.78, 5) is 2.58. The van der Waals surface area contributed by atoms with Gasteiger partial charge in [-0.05, 0) is 68.2 Å². The normalized spacial score (nSPS) is 15.8. The Hall–Kier alpha value is -2.04. The van der Waals surface area contributed by atoms with E-state index in [1.807, 2.05) is 19.1 Å². The van der Waals surface area contributed by atoms with Gasteiger partial charge in [0.2, 0.25) is 0 Å². The highest BCUT2D eigenvalue weighted by Gasteiger charge is 2.23. The van der Waals surface area contributed by atoms with Crippen molar-refractivity contribution in [1.82, 2.24) is 10.2 Å². The van der Waals surface area contributed by atoms with E-state index in [4.69, 9.17) is 9.47 Å². The number of ether oxygens (including phenoxy) is 2. The van der Waals surface area contributed by atoms with E-state index >= 15 is 0 Å². The predicted octanol–water partition coefficient (Wildman–Crippen LogP) is 4.02. The van der Waals surface area contributed by atoms with Crippen molar-refractivity contribution in [2.45, 2.75) is 32.4 Å². The lowest BCUT2D eigenvalue weighted by Crippen LogP contribution is -2.34. The summed E-state index contributed by atoms with van der Waals surface area (Å²) in [5.41, 5.74) is 2.57. The molecule has 0 aliphatic carbocycles. The van der Waals surface area contributed by atoms with Gasteiger partial charge in [0, 0.05) is 19.1 Å². The zero-order valence-corrected chi connectivity index (χ0v) is 15.9. The van der Waals surface area contributed by atoms with Gasteiger partial charge in [0.1, 0.15) is 11.5 Å². The number of nitrogens with one attached hydrogen (secondary N) is 1. The Labute approximate surface area is 157 Å². The van der Waals surface area contributed by atoms with Crippen LogP contribution in [0.2, 0.25) is 0 Å². The molecule has 0 spiro atoms. The van der Waals surface area contributed by atoms with Gasteiger partial charge in [-0.3, -0.25) is 4.90 Å². The standard InChI is InChI=1S/C22H30N2O2/c1-3-26-21-11-6-8-18(14-21)16-23-17-22(24-12-4-5-13-24)19-9-7-10-20(15-19)25-2/h6-11,14-15,22-23H,3-5,12-13,16-17H2,1-2H3. The van der Waals surface area contributed by atoms with Crippen molar-refractivity contribution in [3.63, 3.8) is 0 Å². The molecule has 140 valence electrons. The highest BCUT2D eigenvalue weighted by Crippen LogP contribution is 2.27. The number of nitrogens with zero attached hydrogens (tertiary/aromatic N) is 1. The van der Waals surface area contributed by atoms with Gasteiger partial charge in [0.05, 0.1) is 13.7 Å². The molecule has 26 heavy (non-hydrogen) atoms. The van der Waals surface area contributed by atoms with Crippen LogP contribution in [0.25, 0.3) is 0 Å². The summed E-state index contributed by atoms with van der Waals surface area (Å²) in [6.45, 7) is 6.82. The fraction of sp³-hybridized carbons (Fsp3) is 0.455. The van der Waals surface area contributed by atoms with Crippen LogP contribution in [0.4, 0.5) is 0 Å². The van der Waals surface area contributed by atoms with Crippen LogP contribution in [0.1, 0.15) is 36.9 Å². The van der Waals surface area contributed by atoms with E-state index in [0.29, 0.717) is 12.6 Å². The van der Waals surface area contributed by atoms with Crippen molar-refractivity contribution in [3.8, 4) is 11.5 Å². The van der Waals surface area contributed by atoms with Crippen molar-refractivity contribution in [2.24, 2.45) is 0 Å². The third kappa shape index (κ3) is 4.99. The van der Waals surface area contributed by atoms with Gasteiger partial charge >= 0.3 is 0 Å². The van der Waals surface area contributed by atoms with Crippen LogP contribution < -0.4 is 14.8 Å². The lowest BCUT2D eigenvalue weighted by atomic mass is 10.0. The summed E-state index contributed by atoms with van der Waals surface area (Å²) in [6, 6.07) is 17.2. The molecule has 0 aromatic heterocycles. The fourth-order valence-corrected chi connectivity index (χ4v) is 3.62. The van der Waals surface area contributed by atoms with E-state index in [0.717, 1.165) is 24.6 Å². The van der Waals surface area contributed by atoms with E-state index in [1.54, 1.807) is 7.11 Å². The average molecular weight is 354 g/mol. The molecule has 4 nitrogen and oxygen atoms in total. The van der Waals surface area contributed by atoms with Gasteiger partial charge in [-0.15, -0.1) is 0 Å². The molecule has 1 aliphatic heterocycles. The smallest absolute Gasteiger partial charge is 0.119 e. The maximum Gasteiger partial charge on any atom is 0.119 e. The largest absolute Gasteiger partial charge is 0.497 e. The number of rotatable bonds is 9. The van der Waals surface area contributed by atoms with Crippen LogP contribution in [0.3, 0.4) is 0 Å². The van der Waals surface area contributed by atoms with Crippen molar-refractivity contribution in [3.05, 3.63) is 59.7 Å². The average Bonchev–Trinajstić information content (AvgIpc) is 3.20. The number of hydrogen-bond donors (Lipinski definition) is 1. The lowest BCUT2D eigenvalue weighted by molar-refractivity contribution is 0.238. The molecule has 1 aliphatic rings. The Morgan fingerprint density at radius 2 is 1.81 bits per heavy atom. The maximum absolute atomic E-state index is 5.60. The fourth-order valence-electron chi connectivity index (χ4n) is 3.62. The molecule has 1 unspecified atom stereocenters. The van der Waals surface area contributed by atoms with Crippen LogP contribution in [-0.4, -0.2) is 38.3 Å². The topological polar surface area (TPSA) is 33.7 Å². The molecular weight excluding hydrogens is 324 g/mol. The summed E-state index contributed by atoms with van der Waals surface area (Å²) in [7, 11) is 1.73. The molecular formula is C22H30N2O2. The van der Waals surface area contributed by atoms with Gasteiger partial charge in [-0.1, -0.05) is 24.3 Å². The highest BCUT2D eigenvalue weighted by molar-refractivity contribution is 5.31. The highest BCUT2D eigenvalue weighted by atomic mass is 16.5. The molecule has 1 heterocycles. The first kappa shape index (κ1) is 18.7. The van der Waals surface area contributed by atoms with Crippen LogP contribution in [-0.2, 0) is 6.54 Å². The zero-order chi connectivity index (χ0) is 18.2. The second-order valence-electron chi connectivity index (χ2n) is 6.75. The van der Waals surface area contributed by atoms with Crippen molar-refractivity contribution in [1.29, 1.82) is 0 Å². The summed E-state index contributed by atoms with van der Waals surface area (Å²) in [6.07, 6.45) is 2.58. The van der Waals surface area contributed by atoms with Crippen LogP contribution in [0, 0.1) is 0 Å². The Morgan fingerprint density at radius 3 is 2.58 bits per heavy atom. The molecule has 2 aromatic carbocycles. The van der Waals surface area contributed by atoms with E-state index in [2.05, 4.69) is 46.6 Å². The molecule has 3 rings (SSSR count). The Morgan fingerprint density at radius 1 is 1.04 bits per heavy atom. The monoisotopic (exact) mass is 354 g/mol. The second-order valence-corrected chi connectivity index (χ2v) is 6.75. The minimum atomic E-state index is 0.377. The minimum Gasteiger partial charge on any atom is -0.497 e. The van der Waals surface area contributed by atoms with Crippen molar-refractivity contribution < 1.29 is 9.47 Å². The predicted molar refractivity (Wildman–Crippen MR) is 106 cm³/mol. The van der Waals surface area contributed by atoms with E-state index in [1.165, 1.54) is 37.1 Å². The summed E-state index contributed by atoms with van der Waals surface area (Å²) in [5.74, 6) is 1.87. The van der Waals surface area contributed by atoms with Crippen LogP contribution in [0.5, 0.6) is 11.5 Å². The third-order valence-corrected chi connectivity index (χ3v) is 4.94. The van der Waals surface area contributed by atoms with Crippen molar-refractivity contribution in [2.75, 3.05) is 33.4 Å². The minimum absolute atomic E-state index is 0.377. The molecule has 1 fully saturated rings. The third-order valence-electron chi connectivity index (χ3n) is 4.94. The van der Waals surface area contributed by atoms with Crippen LogP contribution in [0.15, 0.2) is 48.5 Å². The quantitative estimate of drug-likeness (QED) is 0.737. The molecule has 0 radical (unpaired) electrons. The first-order chi connectivity index (χ1) is 12.8. The molecule has 0 bridgehead atoms. The van der Waals surface area contributed by atoms with Crippen LogP contribution >= 0.6 is 0 Å². The van der Waals surface area contributed by atoms with Gasteiger partial charge < -0.3 is 14.8 Å². The molecule has 1 atom stereocenters. The number of benzene rings is 2. The first-order valence-corrected chi connectivity index (χ1v) is 9.60. The molecule has 2 aromatic rings. The Balaban J connectivity index is 1.65. The van der Waals surface area contributed by atoms with Gasteiger partial charge in [0.15, 0.2) is 0 Å². The number of likely N-dealkylation sites (tertiary alicyclic amines) is 1. The zero-order valence-electron chi connectivity index (χ0n) is 15.9. The number of methoxy groups -OCH3 is 1. The van der Waals surface area contributed by atoms with E-state index in [9.17, 15) is 0 Å². The molecule has 1 N–H and O–H groups in total. The number of hydrogen-bond acceptors (Lipinski definition) is 4.